The van der Waals surface area contributed by atoms with E-state index in [2.05, 4.69) is 29.6 Å². The molecule has 2 aromatic rings. The summed E-state index contributed by atoms with van der Waals surface area (Å²) in [5.74, 6) is 1.71. The van der Waals surface area contributed by atoms with Gasteiger partial charge in [0.2, 0.25) is 0 Å². The lowest BCUT2D eigenvalue weighted by molar-refractivity contribution is 0.201. The summed E-state index contributed by atoms with van der Waals surface area (Å²) < 4.78 is 11.3. The van der Waals surface area contributed by atoms with Crippen LogP contribution in [-0.2, 0) is 0 Å². The molecule has 1 aliphatic carbocycles. The van der Waals surface area contributed by atoms with Gasteiger partial charge >= 0.3 is 0 Å². The molecule has 0 saturated heterocycles. The van der Waals surface area contributed by atoms with Crippen LogP contribution in [0.5, 0.6) is 11.5 Å². The highest BCUT2D eigenvalue weighted by molar-refractivity contribution is 5.32. The number of rotatable bonds is 7. The fraction of sp³-hybridized carbons (Fsp3) is 0.333. The SMILES string of the molecule is COc1ccc(OC(CNC2CC2)c2ccccc2)cc1. The highest BCUT2D eigenvalue weighted by atomic mass is 16.5. The standard InChI is InChI=1S/C18H21NO2/c1-20-16-9-11-17(12-10-16)21-18(13-19-15-7-8-15)14-5-3-2-4-6-14/h2-6,9-12,15,18-19H,7-8,13H2,1H3. The first-order valence-corrected chi connectivity index (χ1v) is 7.44. The Morgan fingerprint density at radius 3 is 2.29 bits per heavy atom. The summed E-state index contributed by atoms with van der Waals surface area (Å²) in [6, 6.07) is 18.8. The van der Waals surface area contributed by atoms with Crippen LogP contribution in [-0.4, -0.2) is 19.7 Å². The minimum absolute atomic E-state index is 0.0280. The maximum absolute atomic E-state index is 6.16. The normalized spacial score (nSPS) is 15.5. The van der Waals surface area contributed by atoms with E-state index in [1.807, 2.05) is 30.3 Å². The first-order chi connectivity index (χ1) is 10.3. The molecule has 3 nitrogen and oxygen atoms in total. The van der Waals surface area contributed by atoms with E-state index in [4.69, 9.17) is 9.47 Å². The van der Waals surface area contributed by atoms with E-state index >= 15 is 0 Å². The molecule has 3 rings (SSSR count). The Balaban J connectivity index is 1.70. The number of nitrogens with one attached hydrogen (secondary N) is 1. The van der Waals surface area contributed by atoms with E-state index in [1.54, 1.807) is 7.11 Å². The third-order valence-corrected chi connectivity index (χ3v) is 3.68. The lowest BCUT2D eigenvalue weighted by Crippen LogP contribution is -2.26. The number of benzene rings is 2. The lowest BCUT2D eigenvalue weighted by Gasteiger charge is -2.20. The lowest BCUT2D eigenvalue weighted by atomic mass is 10.1. The third-order valence-electron chi connectivity index (χ3n) is 3.68. The third kappa shape index (κ3) is 3.99. The van der Waals surface area contributed by atoms with Gasteiger partial charge in [-0.05, 0) is 42.7 Å². The molecule has 0 heterocycles. The first kappa shape index (κ1) is 14.0. The van der Waals surface area contributed by atoms with Gasteiger partial charge in [0.05, 0.1) is 7.11 Å². The monoisotopic (exact) mass is 283 g/mol. The molecule has 1 N–H and O–H groups in total. The molecule has 3 heteroatoms. The molecule has 1 fully saturated rings. The molecular formula is C18H21NO2. The van der Waals surface area contributed by atoms with Crippen LogP contribution in [0, 0.1) is 0 Å². The van der Waals surface area contributed by atoms with Gasteiger partial charge in [-0.15, -0.1) is 0 Å². The van der Waals surface area contributed by atoms with Crippen LogP contribution in [0.15, 0.2) is 54.6 Å². The van der Waals surface area contributed by atoms with Gasteiger partial charge in [0.1, 0.15) is 17.6 Å². The van der Waals surface area contributed by atoms with Gasteiger partial charge in [-0.1, -0.05) is 30.3 Å². The van der Waals surface area contributed by atoms with Gasteiger partial charge in [0, 0.05) is 12.6 Å². The molecule has 110 valence electrons. The van der Waals surface area contributed by atoms with Crippen molar-refractivity contribution in [1.29, 1.82) is 0 Å². The smallest absolute Gasteiger partial charge is 0.136 e. The Kier molecular flexibility index (Phi) is 4.41. The maximum atomic E-state index is 6.16. The second kappa shape index (κ2) is 6.64. The Labute approximate surface area is 125 Å². The van der Waals surface area contributed by atoms with Crippen molar-refractivity contribution in [3.8, 4) is 11.5 Å². The zero-order valence-electron chi connectivity index (χ0n) is 12.3. The summed E-state index contributed by atoms with van der Waals surface area (Å²) in [5.41, 5.74) is 1.20. The summed E-state index contributed by atoms with van der Waals surface area (Å²) in [5, 5.41) is 3.55. The van der Waals surface area contributed by atoms with Crippen LogP contribution in [0.3, 0.4) is 0 Å². The van der Waals surface area contributed by atoms with Crippen LogP contribution in [0.25, 0.3) is 0 Å². The van der Waals surface area contributed by atoms with Crippen LogP contribution in [0.4, 0.5) is 0 Å². The number of methoxy groups -OCH3 is 1. The number of ether oxygens (including phenoxy) is 2. The van der Waals surface area contributed by atoms with Gasteiger partial charge in [-0.25, -0.2) is 0 Å². The minimum Gasteiger partial charge on any atom is -0.497 e. The predicted octanol–water partition coefficient (Wildman–Crippen LogP) is 3.57. The van der Waals surface area contributed by atoms with Crippen molar-refractivity contribution in [2.45, 2.75) is 25.0 Å². The van der Waals surface area contributed by atoms with Gasteiger partial charge < -0.3 is 14.8 Å². The van der Waals surface area contributed by atoms with E-state index in [-0.39, 0.29) is 6.10 Å². The van der Waals surface area contributed by atoms with Gasteiger partial charge in [-0.3, -0.25) is 0 Å². The quantitative estimate of drug-likeness (QED) is 0.842. The molecule has 0 spiro atoms. The average Bonchev–Trinajstić information content (AvgIpc) is 3.37. The fourth-order valence-corrected chi connectivity index (χ4v) is 2.27. The van der Waals surface area contributed by atoms with Crippen LogP contribution in [0.1, 0.15) is 24.5 Å². The Bertz CT molecular complexity index is 549. The van der Waals surface area contributed by atoms with E-state index in [9.17, 15) is 0 Å². The Morgan fingerprint density at radius 1 is 1.00 bits per heavy atom. The molecule has 1 unspecified atom stereocenters. The zero-order valence-corrected chi connectivity index (χ0v) is 12.3. The molecule has 21 heavy (non-hydrogen) atoms. The molecule has 0 bridgehead atoms. The van der Waals surface area contributed by atoms with E-state index in [1.165, 1.54) is 18.4 Å². The van der Waals surface area contributed by atoms with Crippen molar-refractivity contribution in [3.05, 3.63) is 60.2 Å². The van der Waals surface area contributed by atoms with Crippen LogP contribution in [0.2, 0.25) is 0 Å². The number of hydrogen-bond donors (Lipinski definition) is 1. The number of hydrogen-bond acceptors (Lipinski definition) is 3. The highest BCUT2D eigenvalue weighted by Crippen LogP contribution is 2.25. The van der Waals surface area contributed by atoms with Crippen LogP contribution >= 0.6 is 0 Å². The maximum Gasteiger partial charge on any atom is 0.136 e. The van der Waals surface area contributed by atoms with Gasteiger partial charge in [0.15, 0.2) is 0 Å². The second-order valence-electron chi connectivity index (χ2n) is 5.38. The summed E-state index contributed by atoms with van der Waals surface area (Å²) in [4.78, 5) is 0. The molecular weight excluding hydrogens is 262 g/mol. The topological polar surface area (TPSA) is 30.5 Å². The minimum atomic E-state index is 0.0280. The summed E-state index contributed by atoms with van der Waals surface area (Å²) >= 11 is 0. The van der Waals surface area contributed by atoms with E-state index < -0.39 is 0 Å². The molecule has 1 atom stereocenters. The summed E-state index contributed by atoms with van der Waals surface area (Å²) in [7, 11) is 1.67. The zero-order chi connectivity index (χ0) is 14.5. The van der Waals surface area contributed by atoms with Crippen molar-refractivity contribution in [2.24, 2.45) is 0 Å². The van der Waals surface area contributed by atoms with Crippen molar-refractivity contribution in [2.75, 3.05) is 13.7 Å². The molecule has 0 aromatic heterocycles. The van der Waals surface area contributed by atoms with Crippen molar-refractivity contribution in [3.63, 3.8) is 0 Å². The van der Waals surface area contributed by atoms with Gasteiger partial charge in [0.25, 0.3) is 0 Å². The summed E-state index contributed by atoms with van der Waals surface area (Å²) in [6.07, 6.45) is 2.59. The van der Waals surface area contributed by atoms with Crippen molar-refractivity contribution >= 4 is 0 Å². The van der Waals surface area contributed by atoms with E-state index in [0.717, 1.165) is 18.0 Å². The van der Waals surface area contributed by atoms with E-state index in [0.29, 0.717) is 6.04 Å². The van der Waals surface area contributed by atoms with Gasteiger partial charge in [-0.2, -0.15) is 0 Å². The molecule has 2 aromatic carbocycles. The first-order valence-electron chi connectivity index (χ1n) is 7.44. The fourth-order valence-electron chi connectivity index (χ4n) is 2.27. The second-order valence-corrected chi connectivity index (χ2v) is 5.38. The van der Waals surface area contributed by atoms with Crippen molar-refractivity contribution in [1.82, 2.24) is 5.32 Å². The Morgan fingerprint density at radius 2 is 1.67 bits per heavy atom. The average molecular weight is 283 g/mol. The highest BCUT2D eigenvalue weighted by Gasteiger charge is 2.23. The molecule has 0 radical (unpaired) electrons. The molecule has 0 amide bonds. The summed E-state index contributed by atoms with van der Waals surface area (Å²) in [6.45, 7) is 0.834. The van der Waals surface area contributed by atoms with Crippen molar-refractivity contribution < 1.29 is 9.47 Å². The largest absolute Gasteiger partial charge is 0.497 e. The Hall–Kier alpha value is -2.00. The molecule has 1 saturated carbocycles. The molecule has 1 aliphatic rings. The van der Waals surface area contributed by atoms with Crippen LogP contribution < -0.4 is 14.8 Å². The predicted molar refractivity (Wildman–Crippen MR) is 83.8 cm³/mol. The molecule has 0 aliphatic heterocycles.